The molecule has 0 atom stereocenters. The number of anilines is 2. The third-order valence-corrected chi connectivity index (χ3v) is 4.50. The minimum Gasteiger partial charge on any atom is -0.495 e. The monoisotopic (exact) mass is 406 g/mol. The van der Waals surface area contributed by atoms with E-state index < -0.39 is 15.9 Å². The Bertz CT molecular complexity index is 1030. The molecule has 0 unspecified atom stereocenters. The Morgan fingerprint density at radius 3 is 2.48 bits per heavy atom. The summed E-state index contributed by atoms with van der Waals surface area (Å²) < 4.78 is 27.6. The lowest BCUT2D eigenvalue weighted by Crippen LogP contribution is -2.15. The van der Waals surface area contributed by atoms with Crippen molar-refractivity contribution in [3.05, 3.63) is 59.3 Å². The van der Waals surface area contributed by atoms with Crippen LogP contribution in [0.5, 0.6) is 5.75 Å². The van der Waals surface area contributed by atoms with E-state index in [1.807, 2.05) is 0 Å². The molecule has 4 N–H and O–H groups in total. The van der Waals surface area contributed by atoms with Gasteiger partial charge >= 0.3 is 0 Å². The summed E-state index contributed by atoms with van der Waals surface area (Å²) in [6.45, 7) is 0. The molecule has 0 aliphatic carbocycles. The molecule has 0 spiro atoms. The number of carbonyl (C=O) groups excluding carboxylic acids is 1. The standard InChI is InChI=1S/C17H15ClN4O4S/c1-26-16-7-2-12(18)8-15(16)21-10-11(9-19)17(23)22-13-3-5-14(6-4-13)27(20,24)25/h2-8,10,21H,1H3,(H,22,23)(H2,20,24,25)/b11-10-. The maximum atomic E-state index is 12.2. The van der Waals surface area contributed by atoms with Crippen molar-refractivity contribution in [2.45, 2.75) is 4.90 Å². The molecule has 2 aromatic carbocycles. The van der Waals surface area contributed by atoms with Gasteiger partial charge in [-0.3, -0.25) is 4.79 Å². The minimum atomic E-state index is -3.83. The molecule has 0 bridgehead atoms. The first-order chi connectivity index (χ1) is 12.7. The number of nitrogens with one attached hydrogen (secondary N) is 2. The molecule has 0 radical (unpaired) electrons. The lowest BCUT2D eigenvalue weighted by Gasteiger charge is -2.09. The van der Waals surface area contributed by atoms with Crippen molar-refractivity contribution >= 4 is 38.9 Å². The highest BCUT2D eigenvalue weighted by Crippen LogP contribution is 2.27. The number of carbonyl (C=O) groups is 1. The Morgan fingerprint density at radius 2 is 1.93 bits per heavy atom. The fourth-order valence-corrected chi connectivity index (χ4v) is 2.71. The number of rotatable bonds is 6. The number of ether oxygens (including phenoxy) is 1. The topological polar surface area (TPSA) is 134 Å². The zero-order valence-corrected chi connectivity index (χ0v) is 15.6. The van der Waals surface area contributed by atoms with Crippen LogP contribution in [-0.2, 0) is 14.8 Å². The number of hydrogen-bond acceptors (Lipinski definition) is 6. The Hall–Kier alpha value is -3.06. The Morgan fingerprint density at radius 1 is 1.26 bits per heavy atom. The summed E-state index contributed by atoms with van der Waals surface area (Å²) in [4.78, 5) is 12.1. The van der Waals surface area contributed by atoms with Crippen LogP contribution in [0.2, 0.25) is 5.02 Å². The summed E-state index contributed by atoms with van der Waals surface area (Å²) in [5.74, 6) is -0.207. The summed E-state index contributed by atoms with van der Waals surface area (Å²) in [6, 6.07) is 11.8. The molecule has 1 amide bonds. The number of nitriles is 1. The van der Waals surface area contributed by atoms with Crippen molar-refractivity contribution < 1.29 is 17.9 Å². The summed E-state index contributed by atoms with van der Waals surface area (Å²) >= 11 is 5.93. The van der Waals surface area contributed by atoms with Gasteiger partial charge in [0.05, 0.1) is 17.7 Å². The molecule has 0 aromatic heterocycles. The predicted octanol–water partition coefficient (Wildman–Crippen LogP) is 2.45. The summed E-state index contributed by atoms with van der Waals surface area (Å²) in [5, 5.41) is 20.0. The van der Waals surface area contributed by atoms with E-state index in [0.29, 0.717) is 22.1 Å². The van der Waals surface area contributed by atoms with Gasteiger partial charge in [-0.1, -0.05) is 11.6 Å². The summed E-state index contributed by atoms with van der Waals surface area (Å²) in [7, 11) is -2.35. The van der Waals surface area contributed by atoms with Gasteiger partial charge < -0.3 is 15.4 Å². The number of primary sulfonamides is 1. The van der Waals surface area contributed by atoms with Crippen molar-refractivity contribution in [1.29, 1.82) is 5.26 Å². The predicted molar refractivity (Wildman–Crippen MR) is 102 cm³/mol. The average molecular weight is 407 g/mol. The molecule has 0 fully saturated rings. The van der Waals surface area contributed by atoms with Crippen LogP contribution in [0.25, 0.3) is 0 Å². The molecule has 2 rings (SSSR count). The first-order valence-electron chi connectivity index (χ1n) is 7.39. The van der Waals surface area contributed by atoms with Crippen LogP contribution in [0.1, 0.15) is 0 Å². The van der Waals surface area contributed by atoms with E-state index in [9.17, 15) is 18.5 Å². The first-order valence-corrected chi connectivity index (χ1v) is 9.31. The van der Waals surface area contributed by atoms with Crippen molar-refractivity contribution in [1.82, 2.24) is 0 Å². The second-order valence-electron chi connectivity index (χ2n) is 5.18. The van der Waals surface area contributed by atoms with Crippen molar-refractivity contribution in [2.75, 3.05) is 17.7 Å². The van der Waals surface area contributed by atoms with Crippen LogP contribution in [-0.4, -0.2) is 21.4 Å². The maximum Gasteiger partial charge on any atom is 0.267 e. The van der Waals surface area contributed by atoms with Gasteiger partial charge in [0.25, 0.3) is 5.91 Å². The molecule has 2 aromatic rings. The van der Waals surface area contributed by atoms with E-state index in [1.165, 1.54) is 37.6 Å². The number of nitrogens with two attached hydrogens (primary N) is 1. The number of halogens is 1. The lowest BCUT2D eigenvalue weighted by atomic mass is 10.2. The quantitative estimate of drug-likeness (QED) is 0.498. The van der Waals surface area contributed by atoms with Gasteiger partial charge in [0, 0.05) is 16.9 Å². The number of amides is 1. The van der Waals surface area contributed by atoms with E-state index in [1.54, 1.807) is 24.3 Å². The van der Waals surface area contributed by atoms with Crippen molar-refractivity contribution in [3.8, 4) is 11.8 Å². The maximum absolute atomic E-state index is 12.2. The second kappa shape index (κ2) is 8.55. The number of benzene rings is 2. The highest BCUT2D eigenvalue weighted by molar-refractivity contribution is 7.89. The Labute approximate surface area is 161 Å². The van der Waals surface area contributed by atoms with Gasteiger partial charge in [-0.2, -0.15) is 5.26 Å². The van der Waals surface area contributed by atoms with Gasteiger partial charge in [0.2, 0.25) is 10.0 Å². The number of hydrogen-bond donors (Lipinski definition) is 3. The molecular formula is C17H15ClN4O4S. The molecular weight excluding hydrogens is 392 g/mol. The van der Waals surface area contributed by atoms with Crippen molar-refractivity contribution in [2.24, 2.45) is 5.14 Å². The van der Waals surface area contributed by atoms with Gasteiger partial charge in [-0.05, 0) is 42.5 Å². The molecule has 0 aliphatic heterocycles. The third kappa shape index (κ3) is 5.46. The number of sulfonamides is 1. The van der Waals surface area contributed by atoms with Gasteiger partial charge in [-0.15, -0.1) is 0 Å². The SMILES string of the molecule is COc1ccc(Cl)cc1N/C=C(/C#N)C(=O)Nc1ccc(S(N)(=O)=O)cc1. The third-order valence-electron chi connectivity index (χ3n) is 3.34. The van der Waals surface area contributed by atoms with Crippen LogP contribution in [0.3, 0.4) is 0 Å². The van der Waals surface area contributed by atoms with E-state index in [-0.39, 0.29) is 10.5 Å². The molecule has 0 heterocycles. The lowest BCUT2D eigenvalue weighted by molar-refractivity contribution is -0.112. The Kier molecular flexibility index (Phi) is 6.41. The van der Waals surface area contributed by atoms with Crippen LogP contribution in [0.15, 0.2) is 59.1 Å². The zero-order valence-electron chi connectivity index (χ0n) is 14.1. The molecule has 27 heavy (non-hydrogen) atoms. The molecule has 0 saturated carbocycles. The summed E-state index contributed by atoms with van der Waals surface area (Å²) in [5.41, 5.74) is 0.560. The molecule has 10 heteroatoms. The average Bonchev–Trinajstić information content (AvgIpc) is 2.62. The fourth-order valence-electron chi connectivity index (χ4n) is 2.02. The molecule has 140 valence electrons. The summed E-state index contributed by atoms with van der Waals surface area (Å²) in [6.07, 6.45) is 1.21. The molecule has 0 aliphatic rings. The number of methoxy groups -OCH3 is 1. The highest BCUT2D eigenvalue weighted by atomic mass is 35.5. The van der Waals surface area contributed by atoms with Crippen LogP contribution in [0, 0.1) is 11.3 Å². The second-order valence-corrected chi connectivity index (χ2v) is 7.18. The van der Waals surface area contributed by atoms with Crippen LogP contribution in [0.4, 0.5) is 11.4 Å². The van der Waals surface area contributed by atoms with E-state index >= 15 is 0 Å². The smallest absolute Gasteiger partial charge is 0.267 e. The van der Waals surface area contributed by atoms with Crippen LogP contribution >= 0.6 is 11.6 Å². The van der Waals surface area contributed by atoms with E-state index in [2.05, 4.69) is 10.6 Å². The zero-order chi connectivity index (χ0) is 20.0. The first kappa shape index (κ1) is 20.3. The van der Waals surface area contributed by atoms with E-state index in [0.717, 1.165) is 0 Å². The molecule has 8 nitrogen and oxygen atoms in total. The molecule has 0 saturated heterocycles. The Balaban J connectivity index is 2.15. The van der Waals surface area contributed by atoms with E-state index in [4.69, 9.17) is 21.5 Å². The normalized spacial score (nSPS) is 11.4. The highest BCUT2D eigenvalue weighted by Gasteiger charge is 2.12. The largest absolute Gasteiger partial charge is 0.495 e. The number of nitrogens with zero attached hydrogens (tertiary/aromatic N) is 1. The van der Waals surface area contributed by atoms with Crippen LogP contribution < -0.4 is 20.5 Å². The van der Waals surface area contributed by atoms with Crippen molar-refractivity contribution in [3.63, 3.8) is 0 Å². The fraction of sp³-hybridized carbons (Fsp3) is 0.0588. The van der Waals surface area contributed by atoms with Gasteiger partial charge in [0.1, 0.15) is 17.4 Å². The van der Waals surface area contributed by atoms with Gasteiger partial charge in [-0.25, -0.2) is 13.6 Å². The minimum absolute atomic E-state index is 0.0914. The van der Waals surface area contributed by atoms with Gasteiger partial charge in [0.15, 0.2) is 0 Å².